The quantitative estimate of drug-likeness (QED) is 0.379. The van der Waals surface area contributed by atoms with Gasteiger partial charge in [0.1, 0.15) is 11.5 Å². The van der Waals surface area contributed by atoms with Crippen molar-refractivity contribution in [2.24, 2.45) is 0 Å². The van der Waals surface area contributed by atoms with Gasteiger partial charge in [-0.05, 0) is 67.9 Å². The van der Waals surface area contributed by atoms with Gasteiger partial charge in [-0.25, -0.2) is 4.98 Å². The van der Waals surface area contributed by atoms with Crippen LogP contribution in [0.15, 0.2) is 82.1 Å². The number of ether oxygens (including phenoxy) is 1. The fourth-order valence-electron chi connectivity index (χ4n) is 3.41. The molecular formula is C27H26N2O4S. The van der Waals surface area contributed by atoms with Crippen LogP contribution in [0.1, 0.15) is 32.9 Å². The molecule has 0 radical (unpaired) electrons. The van der Waals surface area contributed by atoms with E-state index < -0.39 is 10.8 Å². The first-order chi connectivity index (χ1) is 16.4. The minimum Gasteiger partial charge on any atom is -0.497 e. The largest absolute Gasteiger partial charge is 0.497 e. The van der Waals surface area contributed by atoms with Crippen molar-refractivity contribution in [2.75, 3.05) is 7.11 Å². The van der Waals surface area contributed by atoms with Crippen LogP contribution in [0.2, 0.25) is 0 Å². The molecule has 0 aliphatic heterocycles. The predicted molar refractivity (Wildman–Crippen MR) is 132 cm³/mol. The molecule has 7 heteroatoms. The van der Waals surface area contributed by atoms with Crippen molar-refractivity contribution in [2.45, 2.75) is 31.0 Å². The van der Waals surface area contributed by atoms with Gasteiger partial charge in [-0.3, -0.25) is 9.00 Å². The Balaban J connectivity index is 1.40. The van der Waals surface area contributed by atoms with Gasteiger partial charge in [0, 0.05) is 22.6 Å². The van der Waals surface area contributed by atoms with Gasteiger partial charge in [0.2, 0.25) is 5.89 Å². The molecular weight excluding hydrogens is 448 g/mol. The maximum Gasteiger partial charge on any atom is 0.251 e. The maximum atomic E-state index is 12.7. The highest BCUT2D eigenvalue weighted by Gasteiger charge is 2.16. The molecule has 6 nitrogen and oxygen atoms in total. The van der Waals surface area contributed by atoms with Gasteiger partial charge < -0.3 is 14.5 Å². The molecule has 0 saturated carbocycles. The number of aryl methyl sites for hydroxylation is 2. The van der Waals surface area contributed by atoms with E-state index in [2.05, 4.69) is 10.3 Å². The summed E-state index contributed by atoms with van der Waals surface area (Å²) in [6.07, 6.45) is 0. The average molecular weight is 475 g/mol. The van der Waals surface area contributed by atoms with Crippen molar-refractivity contribution < 1.29 is 18.2 Å². The van der Waals surface area contributed by atoms with E-state index in [0.29, 0.717) is 29.5 Å². The molecule has 0 aliphatic carbocycles. The number of benzene rings is 3. The number of aromatic nitrogens is 1. The number of carbonyl (C=O) groups excluding carboxylic acids is 1. The third-order valence-corrected chi connectivity index (χ3v) is 6.76. The summed E-state index contributed by atoms with van der Waals surface area (Å²) >= 11 is 0. The number of oxazole rings is 1. The highest BCUT2D eigenvalue weighted by atomic mass is 32.2. The highest BCUT2D eigenvalue weighted by Crippen LogP contribution is 2.24. The number of nitrogens with zero attached hydrogens (tertiary/aromatic N) is 1. The first-order valence-corrected chi connectivity index (χ1v) is 12.2. The molecule has 4 aromatic rings. The molecule has 1 aromatic heterocycles. The molecule has 0 unspecified atom stereocenters. The van der Waals surface area contributed by atoms with E-state index in [9.17, 15) is 9.00 Å². The lowest BCUT2D eigenvalue weighted by Gasteiger charge is -2.07. The van der Waals surface area contributed by atoms with Gasteiger partial charge in [-0.15, -0.1) is 0 Å². The van der Waals surface area contributed by atoms with Crippen LogP contribution >= 0.6 is 0 Å². The second kappa shape index (κ2) is 10.5. The number of hydrogen-bond donors (Lipinski definition) is 1. The number of amides is 1. The molecule has 0 saturated heterocycles. The van der Waals surface area contributed by atoms with Gasteiger partial charge >= 0.3 is 0 Å². The Morgan fingerprint density at radius 3 is 2.47 bits per heavy atom. The zero-order valence-corrected chi connectivity index (χ0v) is 20.1. The molecule has 4 rings (SSSR count). The Morgan fingerprint density at radius 2 is 1.76 bits per heavy atom. The molecule has 1 atom stereocenters. The zero-order chi connectivity index (χ0) is 24.1. The summed E-state index contributed by atoms with van der Waals surface area (Å²) in [5.74, 6) is 1.93. The van der Waals surface area contributed by atoms with E-state index in [-0.39, 0.29) is 11.7 Å². The van der Waals surface area contributed by atoms with Crippen LogP contribution in [-0.4, -0.2) is 22.2 Å². The average Bonchev–Trinajstić information content (AvgIpc) is 3.23. The first kappa shape index (κ1) is 23.4. The van der Waals surface area contributed by atoms with Crippen LogP contribution in [0.25, 0.3) is 11.5 Å². The third kappa shape index (κ3) is 5.61. The zero-order valence-electron chi connectivity index (χ0n) is 19.3. The van der Waals surface area contributed by atoms with E-state index in [1.807, 2.05) is 62.4 Å². The fourth-order valence-corrected chi connectivity index (χ4v) is 4.54. The van der Waals surface area contributed by atoms with Crippen molar-refractivity contribution in [3.63, 3.8) is 0 Å². The molecule has 1 amide bonds. The monoisotopic (exact) mass is 474 g/mol. The second-order valence-electron chi connectivity index (χ2n) is 7.94. The lowest BCUT2D eigenvalue weighted by molar-refractivity contribution is 0.0951. The minimum absolute atomic E-state index is 0.174. The van der Waals surface area contributed by atoms with Crippen LogP contribution in [0.3, 0.4) is 0 Å². The van der Waals surface area contributed by atoms with Crippen LogP contribution in [0.4, 0.5) is 0 Å². The molecule has 0 spiro atoms. The van der Waals surface area contributed by atoms with Gasteiger partial charge in [-0.2, -0.15) is 0 Å². The third-order valence-electron chi connectivity index (χ3n) is 5.43. The van der Waals surface area contributed by atoms with E-state index >= 15 is 0 Å². The maximum absolute atomic E-state index is 12.7. The summed E-state index contributed by atoms with van der Waals surface area (Å²) in [6.45, 7) is 4.22. The van der Waals surface area contributed by atoms with Crippen LogP contribution < -0.4 is 10.1 Å². The number of rotatable bonds is 8. The number of carbonyl (C=O) groups is 1. The normalized spacial score (nSPS) is 11.7. The standard InChI is InChI=1S/C27H26N2O4S/c1-18-7-13-24(14-8-18)34(31)17-25-19(2)33-27(29-25)22-11-9-21(10-12-22)26(30)28-16-20-5-4-6-23(15-20)32-3/h4-15H,16-17H2,1-3H3,(H,28,30)/t34-/m1/s1. The molecule has 1 heterocycles. The summed E-state index contributed by atoms with van der Waals surface area (Å²) in [4.78, 5) is 17.9. The van der Waals surface area contributed by atoms with Crippen LogP contribution in [0.5, 0.6) is 5.75 Å². The molecule has 0 aliphatic rings. The molecule has 3 aromatic carbocycles. The van der Waals surface area contributed by atoms with Crippen molar-refractivity contribution in [3.05, 3.63) is 101 Å². The summed E-state index contributed by atoms with van der Waals surface area (Å²) in [5, 5.41) is 2.91. The fraction of sp³-hybridized carbons (Fsp3) is 0.185. The Labute approximate surface area is 201 Å². The second-order valence-corrected chi connectivity index (χ2v) is 9.39. The Kier molecular flexibility index (Phi) is 7.23. The highest BCUT2D eigenvalue weighted by molar-refractivity contribution is 7.84. The molecule has 1 N–H and O–H groups in total. The Hall–Kier alpha value is -3.71. The predicted octanol–water partition coefficient (Wildman–Crippen LogP) is 5.20. The topological polar surface area (TPSA) is 81.4 Å². The first-order valence-electron chi connectivity index (χ1n) is 10.9. The van der Waals surface area contributed by atoms with Crippen molar-refractivity contribution >= 4 is 16.7 Å². The minimum atomic E-state index is -1.21. The van der Waals surface area contributed by atoms with Crippen LogP contribution in [0, 0.1) is 13.8 Å². The van der Waals surface area contributed by atoms with E-state index in [4.69, 9.17) is 9.15 Å². The van der Waals surface area contributed by atoms with Gasteiger partial charge in [0.25, 0.3) is 5.91 Å². The van der Waals surface area contributed by atoms with Crippen LogP contribution in [-0.2, 0) is 23.1 Å². The summed E-state index contributed by atoms with van der Waals surface area (Å²) < 4.78 is 23.8. The molecule has 174 valence electrons. The smallest absolute Gasteiger partial charge is 0.251 e. The van der Waals surface area contributed by atoms with Gasteiger partial charge in [0.05, 0.1) is 29.4 Å². The lowest BCUT2D eigenvalue weighted by atomic mass is 10.1. The molecule has 0 bridgehead atoms. The van der Waals surface area contributed by atoms with Gasteiger partial charge in [0.15, 0.2) is 0 Å². The number of methoxy groups -OCH3 is 1. The SMILES string of the molecule is COc1cccc(CNC(=O)c2ccc(-c3nc(C[S@@](=O)c4ccc(C)cc4)c(C)o3)cc2)c1. The Bertz CT molecular complexity index is 1310. The molecule has 34 heavy (non-hydrogen) atoms. The van der Waals surface area contributed by atoms with Crippen molar-refractivity contribution in [3.8, 4) is 17.2 Å². The van der Waals surface area contributed by atoms with Crippen molar-refractivity contribution in [1.29, 1.82) is 0 Å². The van der Waals surface area contributed by atoms with E-state index in [0.717, 1.165) is 27.3 Å². The van der Waals surface area contributed by atoms with E-state index in [1.54, 1.807) is 31.4 Å². The Morgan fingerprint density at radius 1 is 1.03 bits per heavy atom. The summed E-state index contributed by atoms with van der Waals surface area (Å²) in [6, 6.07) is 22.3. The number of hydrogen-bond acceptors (Lipinski definition) is 5. The van der Waals surface area contributed by atoms with E-state index in [1.165, 1.54) is 0 Å². The number of nitrogens with one attached hydrogen (secondary N) is 1. The summed E-state index contributed by atoms with van der Waals surface area (Å²) in [7, 11) is 0.402. The van der Waals surface area contributed by atoms with Crippen molar-refractivity contribution in [1.82, 2.24) is 10.3 Å². The van der Waals surface area contributed by atoms with Gasteiger partial charge in [-0.1, -0.05) is 29.8 Å². The molecule has 0 fully saturated rings. The summed E-state index contributed by atoms with van der Waals surface area (Å²) in [5.41, 5.74) is 4.03. The lowest BCUT2D eigenvalue weighted by Crippen LogP contribution is -2.22.